The number of hydrogen-bond donors (Lipinski definition) is 2. The number of fused-ring (bicyclic) bond motifs is 3. The molecule has 2 N–H and O–H groups in total. The Kier molecular flexibility index (Phi) is 8.02. The maximum atomic E-state index is 13.3. The lowest BCUT2D eigenvalue weighted by Crippen LogP contribution is -2.50. The second-order valence-electron chi connectivity index (χ2n) is 9.08. The lowest BCUT2D eigenvalue weighted by molar-refractivity contribution is -0.140. The number of hydrogen-bond acceptors (Lipinski definition) is 5. The molecule has 2 amide bonds. The monoisotopic (exact) mass is 480 g/mol. The summed E-state index contributed by atoms with van der Waals surface area (Å²) in [6.07, 6.45) is 1.60. The summed E-state index contributed by atoms with van der Waals surface area (Å²) >= 11 is 0. The summed E-state index contributed by atoms with van der Waals surface area (Å²) in [6.45, 7) is 1.10. The number of aliphatic carboxylic acids is 1. The van der Waals surface area contributed by atoms with Gasteiger partial charge < -0.3 is 24.8 Å². The standard InChI is InChI=1S/C27H32N2O6/c1-34-15-7-13-24(26(32)29-14-6-8-18(29)16-25(30)31)28-27(33)35-17-23-21-11-4-2-9-19(21)20-10-3-5-12-22(20)23/h2-5,9-12,18,23-24H,6-8,13-17H2,1H3,(H,28,33)(H,30,31)/t18-,24?/m0/s1. The molecule has 1 unspecified atom stereocenters. The van der Waals surface area contributed by atoms with Gasteiger partial charge >= 0.3 is 12.1 Å². The number of amides is 2. The van der Waals surface area contributed by atoms with Crippen LogP contribution >= 0.6 is 0 Å². The average Bonchev–Trinajstić information content (AvgIpc) is 3.44. The third kappa shape index (κ3) is 5.65. The van der Waals surface area contributed by atoms with Gasteiger partial charge in [-0.15, -0.1) is 0 Å². The summed E-state index contributed by atoms with van der Waals surface area (Å²) in [4.78, 5) is 38.9. The van der Waals surface area contributed by atoms with Crippen LogP contribution in [0.4, 0.5) is 4.79 Å². The Morgan fingerprint density at radius 3 is 2.37 bits per heavy atom. The summed E-state index contributed by atoms with van der Waals surface area (Å²) in [5.74, 6) is -1.28. The molecule has 2 atom stereocenters. The number of carboxylic acids is 1. The third-order valence-electron chi connectivity index (χ3n) is 6.85. The predicted octanol–water partition coefficient (Wildman–Crippen LogP) is 3.79. The molecule has 0 bridgehead atoms. The Balaban J connectivity index is 1.42. The SMILES string of the molecule is COCCCC(NC(=O)OCC1c2ccccc2-c2ccccc21)C(=O)N1CCC[C@H]1CC(=O)O. The maximum Gasteiger partial charge on any atom is 0.407 e. The topological polar surface area (TPSA) is 105 Å². The molecule has 2 aromatic carbocycles. The van der Waals surface area contributed by atoms with E-state index in [9.17, 15) is 19.5 Å². The molecule has 2 aliphatic rings. The Morgan fingerprint density at radius 2 is 1.74 bits per heavy atom. The first-order valence-electron chi connectivity index (χ1n) is 12.1. The highest BCUT2D eigenvalue weighted by Gasteiger charge is 2.35. The number of likely N-dealkylation sites (tertiary alicyclic amines) is 1. The van der Waals surface area contributed by atoms with Crippen molar-refractivity contribution in [1.82, 2.24) is 10.2 Å². The van der Waals surface area contributed by atoms with Crippen LogP contribution in [0.25, 0.3) is 11.1 Å². The van der Waals surface area contributed by atoms with Crippen LogP contribution in [0.3, 0.4) is 0 Å². The van der Waals surface area contributed by atoms with E-state index in [-0.39, 0.29) is 30.9 Å². The van der Waals surface area contributed by atoms with Crippen molar-refractivity contribution < 1.29 is 29.0 Å². The van der Waals surface area contributed by atoms with Crippen molar-refractivity contribution in [2.45, 2.75) is 50.1 Å². The molecule has 1 fully saturated rings. The number of carbonyl (C=O) groups excluding carboxylic acids is 2. The zero-order valence-electron chi connectivity index (χ0n) is 19.9. The van der Waals surface area contributed by atoms with Gasteiger partial charge in [-0.25, -0.2) is 4.79 Å². The maximum absolute atomic E-state index is 13.3. The molecule has 186 valence electrons. The molecule has 8 heteroatoms. The first-order valence-corrected chi connectivity index (χ1v) is 12.1. The first-order chi connectivity index (χ1) is 17.0. The van der Waals surface area contributed by atoms with Gasteiger partial charge in [-0.1, -0.05) is 48.5 Å². The molecule has 1 saturated heterocycles. The molecule has 1 heterocycles. The van der Waals surface area contributed by atoms with Gasteiger partial charge in [0.1, 0.15) is 12.6 Å². The molecule has 0 spiro atoms. The largest absolute Gasteiger partial charge is 0.481 e. The zero-order valence-corrected chi connectivity index (χ0v) is 19.9. The van der Waals surface area contributed by atoms with Gasteiger partial charge in [0.25, 0.3) is 0 Å². The first kappa shape index (κ1) is 24.7. The second-order valence-corrected chi connectivity index (χ2v) is 9.08. The van der Waals surface area contributed by atoms with Crippen LogP contribution in [0.15, 0.2) is 48.5 Å². The number of ether oxygens (including phenoxy) is 2. The van der Waals surface area contributed by atoms with Crippen LogP contribution in [0.2, 0.25) is 0 Å². The highest BCUT2D eigenvalue weighted by atomic mass is 16.5. The molecular weight excluding hydrogens is 448 g/mol. The number of methoxy groups -OCH3 is 1. The fourth-order valence-electron chi connectivity index (χ4n) is 5.21. The lowest BCUT2D eigenvalue weighted by atomic mass is 9.98. The van der Waals surface area contributed by atoms with E-state index < -0.39 is 18.1 Å². The van der Waals surface area contributed by atoms with Crippen molar-refractivity contribution in [2.75, 3.05) is 26.9 Å². The molecular formula is C27H32N2O6. The highest BCUT2D eigenvalue weighted by molar-refractivity contribution is 5.86. The number of nitrogens with one attached hydrogen (secondary N) is 1. The van der Waals surface area contributed by atoms with Crippen molar-refractivity contribution in [3.63, 3.8) is 0 Å². The van der Waals surface area contributed by atoms with E-state index in [1.807, 2.05) is 36.4 Å². The van der Waals surface area contributed by atoms with Crippen molar-refractivity contribution >= 4 is 18.0 Å². The van der Waals surface area contributed by atoms with E-state index in [4.69, 9.17) is 9.47 Å². The third-order valence-corrected chi connectivity index (χ3v) is 6.85. The smallest absolute Gasteiger partial charge is 0.407 e. The number of carbonyl (C=O) groups is 3. The van der Waals surface area contributed by atoms with Crippen molar-refractivity contribution in [3.05, 3.63) is 59.7 Å². The van der Waals surface area contributed by atoms with Crippen LogP contribution in [0, 0.1) is 0 Å². The van der Waals surface area contributed by atoms with Crippen LogP contribution in [0.1, 0.15) is 49.1 Å². The predicted molar refractivity (Wildman–Crippen MR) is 130 cm³/mol. The van der Waals surface area contributed by atoms with E-state index in [1.165, 1.54) is 0 Å². The molecule has 4 rings (SSSR count). The quantitative estimate of drug-likeness (QED) is 0.502. The number of benzene rings is 2. The number of carboxylic acid groups (broad SMARTS) is 1. The van der Waals surface area contributed by atoms with E-state index in [0.717, 1.165) is 28.7 Å². The van der Waals surface area contributed by atoms with Crippen molar-refractivity contribution in [3.8, 4) is 11.1 Å². The molecule has 1 aliphatic heterocycles. The Hall–Kier alpha value is -3.39. The fourth-order valence-corrected chi connectivity index (χ4v) is 5.21. The van der Waals surface area contributed by atoms with Crippen molar-refractivity contribution in [1.29, 1.82) is 0 Å². The highest BCUT2D eigenvalue weighted by Crippen LogP contribution is 2.44. The Bertz CT molecular complexity index is 1030. The summed E-state index contributed by atoms with van der Waals surface area (Å²) in [5, 5.41) is 11.9. The van der Waals surface area contributed by atoms with Gasteiger partial charge in [-0.3, -0.25) is 9.59 Å². The van der Waals surface area contributed by atoms with E-state index in [1.54, 1.807) is 12.0 Å². The van der Waals surface area contributed by atoms with E-state index in [0.29, 0.717) is 32.4 Å². The van der Waals surface area contributed by atoms with E-state index >= 15 is 0 Å². The molecule has 2 aromatic rings. The lowest BCUT2D eigenvalue weighted by Gasteiger charge is -2.28. The fraction of sp³-hybridized carbons (Fsp3) is 0.444. The minimum absolute atomic E-state index is 0.0747. The molecule has 35 heavy (non-hydrogen) atoms. The summed E-state index contributed by atoms with van der Waals surface area (Å²) < 4.78 is 10.7. The minimum atomic E-state index is -0.935. The summed E-state index contributed by atoms with van der Waals surface area (Å²) in [7, 11) is 1.58. The Labute approximate surface area is 205 Å². The normalized spacial score (nSPS) is 17.5. The van der Waals surface area contributed by atoms with Gasteiger partial charge in [-0.2, -0.15) is 0 Å². The number of alkyl carbamates (subject to hydrolysis) is 1. The van der Waals surface area contributed by atoms with Gasteiger partial charge in [0.15, 0.2) is 0 Å². The summed E-state index contributed by atoms with van der Waals surface area (Å²) in [5.41, 5.74) is 4.51. The van der Waals surface area contributed by atoms with Crippen LogP contribution in [0.5, 0.6) is 0 Å². The second kappa shape index (κ2) is 11.4. The van der Waals surface area contributed by atoms with Crippen LogP contribution in [-0.2, 0) is 19.1 Å². The van der Waals surface area contributed by atoms with Gasteiger partial charge in [0.05, 0.1) is 6.42 Å². The molecule has 0 radical (unpaired) electrons. The zero-order chi connectivity index (χ0) is 24.8. The minimum Gasteiger partial charge on any atom is -0.481 e. The molecule has 0 saturated carbocycles. The summed E-state index contributed by atoms with van der Waals surface area (Å²) in [6, 6.07) is 15.0. The number of nitrogens with zero attached hydrogens (tertiary/aromatic N) is 1. The van der Waals surface area contributed by atoms with Gasteiger partial charge in [0, 0.05) is 32.2 Å². The molecule has 8 nitrogen and oxygen atoms in total. The number of rotatable bonds is 10. The van der Waals surface area contributed by atoms with Crippen molar-refractivity contribution in [2.24, 2.45) is 0 Å². The Morgan fingerprint density at radius 1 is 1.09 bits per heavy atom. The van der Waals surface area contributed by atoms with Crippen LogP contribution < -0.4 is 5.32 Å². The van der Waals surface area contributed by atoms with Gasteiger partial charge in [0.2, 0.25) is 5.91 Å². The average molecular weight is 481 g/mol. The van der Waals surface area contributed by atoms with Crippen LogP contribution in [-0.4, -0.2) is 66.9 Å². The molecule has 1 aliphatic carbocycles. The molecule has 0 aromatic heterocycles. The van der Waals surface area contributed by atoms with Gasteiger partial charge in [-0.05, 0) is 47.9 Å². The van der Waals surface area contributed by atoms with E-state index in [2.05, 4.69) is 17.4 Å².